The van der Waals surface area contributed by atoms with Crippen LogP contribution < -0.4 is 15.4 Å². The summed E-state index contributed by atoms with van der Waals surface area (Å²) >= 11 is 0. The van der Waals surface area contributed by atoms with Crippen molar-refractivity contribution in [2.45, 2.75) is 25.8 Å². The zero-order valence-corrected chi connectivity index (χ0v) is 15.7. The summed E-state index contributed by atoms with van der Waals surface area (Å²) in [5, 5.41) is 5.64. The van der Waals surface area contributed by atoms with Crippen LogP contribution in [0.25, 0.3) is 0 Å². The molecule has 0 aromatic heterocycles. The quantitative estimate of drug-likeness (QED) is 0.821. The largest absolute Gasteiger partial charge is 0.497 e. The van der Waals surface area contributed by atoms with Crippen molar-refractivity contribution < 1.29 is 14.3 Å². The normalized spacial score (nSPS) is 16.7. The smallest absolute Gasteiger partial charge is 0.238 e. The molecule has 1 heterocycles. The van der Waals surface area contributed by atoms with Crippen molar-refractivity contribution in [1.82, 2.24) is 4.90 Å². The molecule has 2 amide bonds. The average molecular weight is 367 g/mol. The van der Waals surface area contributed by atoms with Crippen LogP contribution in [0.1, 0.15) is 31.4 Å². The highest BCUT2D eigenvalue weighted by Gasteiger charge is 2.27. The lowest BCUT2D eigenvalue weighted by atomic mass is 10.0. The van der Waals surface area contributed by atoms with Gasteiger partial charge in [-0.3, -0.25) is 14.5 Å². The fraction of sp³-hybridized carbons (Fsp3) is 0.333. The van der Waals surface area contributed by atoms with Crippen LogP contribution in [0.2, 0.25) is 0 Å². The molecule has 27 heavy (non-hydrogen) atoms. The number of nitrogens with zero attached hydrogens (tertiary/aromatic N) is 1. The standard InChI is InChI=1S/C21H25N3O3/c1-15(25)22-17-5-3-6-18(13-17)23-21(26)14-24-12-4-7-20(24)16-8-10-19(27-2)11-9-16/h3,5-6,8-11,13,20H,4,7,12,14H2,1-2H3,(H,22,25)(H,23,26). The molecule has 2 N–H and O–H groups in total. The number of likely N-dealkylation sites (tertiary alicyclic amines) is 1. The summed E-state index contributed by atoms with van der Waals surface area (Å²) in [4.78, 5) is 25.9. The number of ether oxygens (including phenoxy) is 1. The van der Waals surface area contributed by atoms with Gasteiger partial charge in [-0.05, 0) is 55.3 Å². The Morgan fingerprint density at radius 1 is 1.11 bits per heavy atom. The second kappa shape index (κ2) is 8.68. The van der Waals surface area contributed by atoms with E-state index in [1.807, 2.05) is 18.2 Å². The summed E-state index contributed by atoms with van der Waals surface area (Å²) in [5.74, 6) is 0.633. The first-order valence-electron chi connectivity index (χ1n) is 9.10. The maximum absolute atomic E-state index is 12.5. The number of benzene rings is 2. The van der Waals surface area contributed by atoms with Crippen LogP contribution in [-0.2, 0) is 9.59 Å². The van der Waals surface area contributed by atoms with E-state index in [-0.39, 0.29) is 17.9 Å². The first-order chi connectivity index (χ1) is 13.0. The minimum atomic E-state index is -0.141. The fourth-order valence-electron chi connectivity index (χ4n) is 3.48. The zero-order chi connectivity index (χ0) is 19.2. The zero-order valence-electron chi connectivity index (χ0n) is 15.7. The predicted molar refractivity (Wildman–Crippen MR) is 106 cm³/mol. The molecule has 3 rings (SSSR count). The minimum Gasteiger partial charge on any atom is -0.497 e. The molecule has 1 fully saturated rings. The van der Waals surface area contributed by atoms with Crippen molar-refractivity contribution in [2.24, 2.45) is 0 Å². The summed E-state index contributed by atoms with van der Waals surface area (Å²) in [6, 6.07) is 15.4. The highest BCUT2D eigenvalue weighted by Crippen LogP contribution is 2.32. The number of carbonyl (C=O) groups excluding carboxylic acids is 2. The molecule has 0 radical (unpaired) electrons. The summed E-state index contributed by atoms with van der Waals surface area (Å²) in [5.41, 5.74) is 2.54. The molecule has 2 aromatic carbocycles. The molecule has 2 aromatic rings. The Morgan fingerprint density at radius 2 is 1.81 bits per heavy atom. The number of hydrogen-bond acceptors (Lipinski definition) is 4. The van der Waals surface area contributed by atoms with Gasteiger partial charge in [-0.15, -0.1) is 0 Å². The van der Waals surface area contributed by atoms with Crippen molar-refractivity contribution in [1.29, 1.82) is 0 Å². The number of anilines is 2. The van der Waals surface area contributed by atoms with Gasteiger partial charge >= 0.3 is 0 Å². The second-order valence-corrected chi connectivity index (χ2v) is 6.71. The van der Waals surface area contributed by atoms with E-state index < -0.39 is 0 Å². The molecule has 1 aliphatic heterocycles. The first kappa shape index (κ1) is 18.9. The number of nitrogens with one attached hydrogen (secondary N) is 2. The third kappa shape index (κ3) is 5.08. The van der Waals surface area contributed by atoms with Crippen LogP contribution in [-0.4, -0.2) is 36.9 Å². The Kier molecular flexibility index (Phi) is 6.08. The summed E-state index contributed by atoms with van der Waals surface area (Å²) in [6.45, 7) is 2.69. The molecule has 0 aliphatic carbocycles. The predicted octanol–water partition coefficient (Wildman–Crippen LogP) is 3.43. The first-order valence-corrected chi connectivity index (χ1v) is 9.10. The summed E-state index contributed by atoms with van der Waals surface area (Å²) < 4.78 is 5.22. The molecule has 1 aliphatic rings. The second-order valence-electron chi connectivity index (χ2n) is 6.71. The van der Waals surface area contributed by atoms with Gasteiger partial charge < -0.3 is 15.4 Å². The number of rotatable bonds is 6. The number of carbonyl (C=O) groups is 2. The molecule has 1 atom stereocenters. The third-order valence-corrected chi connectivity index (χ3v) is 4.68. The van der Waals surface area contributed by atoms with Gasteiger partial charge in [-0.2, -0.15) is 0 Å². The molecule has 0 bridgehead atoms. The molecular weight excluding hydrogens is 342 g/mol. The van der Waals surface area contributed by atoms with Gasteiger partial charge in [0.1, 0.15) is 5.75 Å². The number of hydrogen-bond donors (Lipinski definition) is 2. The highest BCUT2D eigenvalue weighted by molar-refractivity contribution is 5.94. The maximum Gasteiger partial charge on any atom is 0.238 e. The van der Waals surface area contributed by atoms with Crippen LogP contribution >= 0.6 is 0 Å². The van der Waals surface area contributed by atoms with Crippen LogP contribution in [0.4, 0.5) is 11.4 Å². The van der Waals surface area contributed by atoms with Crippen LogP contribution in [0.5, 0.6) is 5.75 Å². The van der Waals surface area contributed by atoms with Crippen molar-refractivity contribution in [3.05, 3.63) is 54.1 Å². The molecule has 6 nitrogen and oxygen atoms in total. The van der Waals surface area contributed by atoms with E-state index in [9.17, 15) is 9.59 Å². The SMILES string of the molecule is COc1ccc(C2CCCN2CC(=O)Nc2cccc(NC(C)=O)c2)cc1. The maximum atomic E-state index is 12.5. The van der Waals surface area contributed by atoms with Gasteiger partial charge in [-0.25, -0.2) is 0 Å². The van der Waals surface area contributed by atoms with E-state index in [1.165, 1.54) is 12.5 Å². The monoisotopic (exact) mass is 367 g/mol. The van der Waals surface area contributed by atoms with Crippen molar-refractivity contribution in [3.63, 3.8) is 0 Å². The van der Waals surface area contributed by atoms with E-state index in [2.05, 4.69) is 27.7 Å². The van der Waals surface area contributed by atoms with Crippen molar-refractivity contribution in [2.75, 3.05) is 30.8 Å². The molecule has 1 unspecified atom stereocenters. The van der Waals surface area contributed by atoms with Crippen LogP contribution in [0, 0.1) is 0 Å². The summed E-state index contributed by atoms with van der Waals surface area (Å²) in [7, 11) is 1.65. The van der Waals surface area contributed by atoms with E-state index >= 15 is 0 Å². The van der Waals surface area contributed by atoms with Gasteiger partial charge in [-0.1, -0.05) is 18.2 Å². The Labute approximate surface area is 159 Å². The van der Waals surface area contributed by atoms with E-state index in [1.54, 1.807) is 25.3 Å². The molecular formula is C21H25N3O3. The molecule has 1 saturated heterocycles. The Bertz CT molecular complexity index is 805. The molecule has 6 heteroatoms. The van der Waals surface area contributed by atoms with Crippen molar-refractivity contribution >= 4 is 23.2 Å². The average Bonchev–Trinajstić information content (AvgIpc) is 3.09. The van der Waals surface area contributed by atoms with Gasteiger partial charge in [0.25, 0.3) is 0 Å². The molecule has 142 valence electrons. The van der Waals surface area contributed by atoms with E-state index in [0.717, 1.165) is 25.1 Å². The molecule has 0 spiro atoms. The highest BCUT2D eigenvalue weighted by atomic mass is 16.5. The third-order valence-electron chi connectivity index (χ3n) is 4.68. The lowest BCUT2D eigenvalue weighted by Gasteiger charge is -2.24. The van der Waals surface area contributed by atoms with Gasteiger partial charge in [0.15, 0.2) is 0 Å². The summed E-state index contributed by atoms with van der Waals surface area (Å²) in [6.07, 6.45) is 2.11. The van der Waals surface area contributed by atoms with E-state index in [0.29, 0.717) is 17.9 Å². The minimum absolute atomic E-state index is 0.0598. The van der Waals surface area contributed by atoms with Crippen LogP contribution in [0.15, 0.2) is 48.5 Å². The number of methoxy groups -OCH3 is 1. The fourth-order valence-corrected chi connectivity index (χ4v) is 3.48. The lowest BCUT2D eigenvalue weighted by molar-refractivity contribution is -0.117. The molecule has 0 saturated carbocycles. The Morgan fingerprint density at radius 3 is 2.48 bits per heavy atom. The van der Waals surface area contributed by atoms with Gasteiger partial charge in [0.2, 0.25) is 11.8 Å². The van der Waals surface area contributed by atoms with Gasteiger partial charge in [0.05, 0.1) is 13.7 Å². The van der Waals surface area contributed by atoms with Crippen LogP contribution in [0.3, 0.4) is 0 Å². The van der Waals surface area contributed by atoms with Gasteiger partial charge in [0, 0.05) is 24.3 Å². The topological polar surface area (TPSA) is 70.7 Å². The Hall–Kier alpha value is -2.86. The van der Waals surface area contributed by atoms with Crippen molar-refractivity contribution in [3.8, 4) is 5.75 Å². The van der Waals surface area contributed by atoms with E-state index in [4.69, 9.17) is 4.74 Å². The lowest BCUT2D eigenvalue weighted by Crippen LogP contribution is -2.32. The number of amides is 2. The Balaban J connectivity index is 1.61.